The lowest BCUT2D eigenvalue weighted by Gasteiger charge is -2.12. The number of benzene rings is 2. The van der Waals surface area contributed by atoms with Gasteiger partial charge in [-0.2, -0.15) is 0 Å². The van der Waals surface area contributed by atoms with Crippen molar-refractivity contribution in [1.29, 1.82) is 0 Å². The number of ether oxygens (including phenoxy) is 1. The lowest BCUT2D eigenvalue weighted by atomic mass is 10.0. The molecule has 22 heavy (non-hydrogen) atoms. The average Bonchev–Trinajstić information content (AvgIpc) is 2.47. The number of carbonyl (C=O) groups is 2. The van der Waals surface area contributed by atoms with Crippen molar-refractivity contribution in [3.8, 4) is 5.75 Å². The Kier molecular flexibility index (Phi) is 5.17. The fourth-order valence-electron chi connectivity index (χ4n) is 2.08. The zero-order valence-electron chi connectivity index (χ0n) is 12.0. The summed E-state index contributed by atoms with van der Waals surface area (Å²) in [5.41, 5.74) is 1.67. The third kappa shape index (κ3) is 4.09. The van der Waals surface area contributed by atoms with Crippen LogP contribution in [0.1, 0.15) is 28.4 Å². The number of carboxylic acid groups (broad SMARTS) is 1. The molecule has 2 aromatic rings. The highest BCUT2D eigenvalue weighted by Gasteiger charge is 2.15. The number of rotatable bonds is 6. The number of halogens is 1. The van der Waals surface area contributed by atoms with Gasteiger partial charge >= 0.3 is 5.97 Å². The monoisotopic (exact) mass is 318 g/mol. The van der Waals surface area contributed by atoms with Gasteiger partial charge in [0.15, 0.2) is 5.78 Å². The van der Waals surface area contributed by atoms with Crippen LogP contribution in [0.4, 0.5) is 0 Å². The van der Waals surface area contributed by atoms with Crippen LogP contribution in [-0.4, -0.2) is 16.9 Å². The van der Waals surface area contributed by atoms with Crippen LogP contribution in [0.25, 0.3) is 0 Å². The van der Waals surface area contributed by atoms with Crippen molar-refractivity contribution in [2.75, 3.05) is 0 Å². The number of aliphatic carboxylic acids is 1. The van der Waals surface area contributed by atoms with E-state index >= 15 is 0 Å². The van der Waals surface area contributed by atoms with E-state index in [1.807, 2.05) is 30.3 Å². The number of hydrogen-bond acceptors (Lipinski definition) is 3. The molecule has 1 N–H and O–H groups in total. The normalized spacial score (nSPS) is 10.3. The molecule has 5 heteroatoms. The van der Waals surface area contributed by atoms with Gasteiger partial charge in [-0.05, 0) is 30.2 Å². The fraction of sp³-hybridized carbons (Fsp3) is 0.176. The van der Waals surface area contributed by atoms with Gasteiger partial charge in [0, 0.05) is 5.56 Å². The maximum atomic E-state index is 11.6. The van der Waals surface area contributed by atoms with Crippen LogP contribution < -0.4 is 4.74 Å². The second kappa shape index (κ2) is 7.09. The van der Waals surface area contributed by atoms with Crippen molar-refractivity contribution < 1.29 is 19.4 Å². The molecule has 0 saturated heterocycles. The third-order valence-electron chi connectivity index (χ3n) is 3.12. The van der Waals surface area contributed by atoms with E-state index in [2.05, 4.69) is 0 Å². The van der Waals surface area contributed by atoms with Gasteiger partial charge in [0.2, 0.25) is 0 Å². The molecule has 4 nitrogen and oxygen atoms in total. The Hall–Kier alpha value is -2.33. The van der Waals surface area contributed by atoms with Crippen molar-refractivity contribution in [2.24, 2.45) is 0 Å². The van der Waals surface area contributed by atoms with Gasteiger partial charge in [0.25, 0.3) is 0 Å². The lowest BCUT2D eigenvalue weighted by molar-refractivity contribution is -0.136. The van der Waals surface area contributed by atoms with E-state index in [1.165, 1.54) is 19.1 Å². The number of ketones is 1. The molecule has 0 aliphatic heterocycles. The zero-order valence-corrected chi connectivity index (χ0v) is 12.8. The predicted octanol–water partition coefficient (Wildman–Crippen LogP) is 3.75. The van der Waals surface area contributed by atoms with Gasteiger partial charge in [0.05, 0.1) is 11.4 Å². The largest absolute Gasteiger partial charge is 0.487 e. The van der Waals surface area contributed by atoms with Gasteiger partial charge in [-0.3, -0.25) is 9.59 Å². The van der Waals surface area contributed by atoms with Gasteiger partial charge in [-0.15, -0.1) is 0 Å². The lowest BCUT2D eigenvalue weighted by Crippen LogP contribution is -2.07. The highest BCUT2D eigenvalue weighted by molar-refractivity contribution is 6.32. The van der Waals surface area contributed by atoms with Crippen LogP contribution in [0.15, 0.2) is 42.5 Å². The molecular formula is C17H15ClO4. The molecule has 114 valence electrons. The van der Waals surface area contributed by atoms with Gasteiger partial charge in [-0.1, -0.05) is 41.9 Å². The van der Waals surface area contributed by atoms with Crippen LogP contribution in [0.3, 0.4) is 0 Å². The fourth-order valence-corrected chi connectivity index (χ4v) is 2.30. The summed E-state index contributed by atoms with van der Waals surface area (Å²) in [6, 6.07) is 12.5. The number of hydrogen-bond donors (Lipinski definition) is 1. The van der Waals surface area contributed by atoms with Gasteiger partial charge < -0.3 is 9.84 Å². The first-order valence-electron chi connectivity index (χ1n) is 6.69. The standard InChI is InChI=1S/C17H15ClO4/c1-11(19)14-9-15(18)16(7-13(14)8-17(20)21)22-10-12-5-3-2-4-6-12/h2-7,9H,8,10H2,1H3,(H,20,21). The van der Waals surface area contributed by atoms with E-state index in [-0.39, 0.29) is 17.2 Å². The van der Waals surface area contributed by atoms with Crippen molar-refractivity contribution in [2.45, 2.75) is 20.0 Å². The topological polar surface area (TPSA) is 63.6 Å². The van der Waals surface area contributed by atoms with Crippen LogP contribution in [0.2, 0.25) is 5.02 Å². The van der Waals surface area contributed by atoms with Crippen molar-refractivity contribution in [1.82, 2.24) is 0 Å². The highest BCUT2D eigenvalue weighted by atomic mass is 35.5. The molecule has 0 radical (unpaired) electrons. The molecule has 0 saturated carbocycles. The second-order valence-electron chi connectivity index (χ2n) is 4.84. The van der Waals surface area contributed by atoms with Gasteiger partial charge in [0.1, 0.15) is 12.4 Å². The summed E-state index contributed by atoms with van der Waals surface area (Å²) in [5.74, 6) is -0.877. The average molecular weight is 319 g/mol. The minimum absolute atomic E-state index is 0.229. The Balaban J connectivity index is 2.27. The molecule has 0 amide bonds. The maximum Gasteiger partial charge on any atom is 0.307 e. The molecule has 0 bridgehead atoms. The molecule has 0 fully saturated rings. The van der Waals surface area contributed by atoms with Crippen LogP contribution in [0.5, 0.6) is 5.75 Å². The Bertz CT molecular complexity index is 695. The van der Waals surface area contributed by atoms with Crippen LogP contribution in [-0.2, 0) is 17.8 Å². The smallest absolute Gasteiger partial charge is 0.307 e. The van der Waals surface area contributed by atoms with E-state index in [0.717, 1.165) is 5.56 Å². The molecule has 0 aromatic heterocycles. The Morgan fingerprint density at radius 3 is 2.45 bits per heavy atom. The highest BCUT2D eigenvalue weighted by Crippen LogP contribution is 2.30. The quantitative estimate of drug-likeness (QED) is 0.824. The number of carboxylic acids is 1. The summed E-state index contributed by atoms with van der Waals surface area (Å²) < 4.78 is 5.64. The van der Waals surface area contributed by atoms with Crippen LogP contribution >= 0.6 is 11.6 Å². The van der Waals surface area contributed by atoms with E-state index in [0.29, 0.717) is 23.5 Å². The van der Waals surface area contributed by atoms with E-state index in [4.69, 9.17) is 21.4 Å². The summed E-state index contributed by atoms with van der Waals surface area (Å²) in [6.45, 7) is 1.69. The summed E-state index contributed by atoms with van der Waals surface area (Å²) in [4.78, 5) is 22.5. The Labute approximate surface area is 133 Å². The van der Waals surface area contributed by atoms with Crippen LogP contribution in [0, 0.1) is 0 Å². The first-order chi connectivity index (χ1) is 10.5. The molecule has 2 aromatic carbocycles. The van der Waals surface area contributed by atoms with Crippen molar-refractivity contribution in [3.63, 3.8) is 0 Å². The predicted molar refractivity (Wildman–Crippen MR) is 83.6 cm³/mol. The van der Waals surface area contributed by atoms with E-state index in [9.17, 15) is 9.59 Å². The molecule has 0 aliphatic carbocycles. The summed E-state index contributed by atoms with van der Waals surface area (Å²) in [7, 11) is 0. The first kappa shape index (κ1) is 16.0. The number of Topliss-reactive ketones (excluding diaryl/α,β-unsaturated/α-hetero) is 1. The molecule has 0 spiro atoms. The second-order valence-corrected chi connectivity index (χ2v) is 5.25. The maximum absolute atomic E-state index is 11.6. The first-order valence-corrected chi connectivity index (χ1v) is 7.07. The summed E-state index contributed by atoms with van der Waals surface area (Å²) in [5, 5.41) is 9.24. The number of carbonyl (C=O) groups excluding carboxylic acids is 1. The molecule has 0 aliphatic rings. The van der Waals surface area contributed by atoms with E-state index in [1.54, 1.807) is 0 Å². The molecule has 0 atom stereocenters. The third-order valence-corrected chi connectivity index (χ3v) is 3.41. The minimum atomic E-state index is -1.01. The Morgan fingerprint density at radius 1 is 1.18 bits per heavy atom. The molecule has 0 heterocycles. The molecule has 2 rings (SSSR count). The SMILES string of the molecule is CC(=O)c1cc(Cl)c(OCc2ccccc2)cc1CC(=O)O. The van der Waals surface area contributed by atoms with Gasteiger partial charge in [-0.25, -0.2) is 0 Å². The van der Waals surface area contributed by atoms with Crippen molar-refractivity contribution >= 4 is 23.4 Å². The van der Waals surface area contributed by atoms with Crippen molar-refractivity contribution in [3.05, 3.63) is 64.2 Å². The summed E-state index contributed by atoms with van der Waals surface area (Å²) in [6.07, 6.45) is -0.256. The molecule has 0 unspecified atom stereocenters. The summed E-state index contributed by atoms with van der Waals surface area (Å²) >= 11 is 6.12. The Morgan fingerprint density at radius 2 is 1.86 bits per heavy atom. The molecular weight excluding hydrogens is 304 g/mol. The zero-order chi connectivity index (χ0) is 16.1. The van der Waals surface area contributed by atoms with E-state index < -0.39 is 5.97 Å². The minimum Gasteiger partial charge on any atom is -0.487 e.